The molecule has 1 rings (SSSR count). The van der Waals surface area contributed by atoms with Crippen molar-refractivity contribution in [1.82, 2.24) is 5.32 Å². The predicted molar refractivity (Wildman–Crippen MR) is 81.0 cm³/mol. The number of nitrogens with one attached hydrogen (secondary N) is 1. The molecule has 1 aromatic carbocycles. The minimum absolute atomic E-state index is 0.187. The zero-order valence-electron chi connectivity index (χ0n) is 12.1. The molecule has 0 bridgehead atoms. The van der Waals surface area contributed by atoms with Crippen LogP contribution in [0.25, 0.3) is 0 Å². The maximum atomic E-state index is 11.1. The van der Waals surface area contributed by atoms with Crippen LogP contribution in [0.5, 0.6) is 0 Å². The Labute approximate surface area is 119 Å². The minimum Gasteiger partial charge on any atom is -0.480 e. The molecule has 0 amide bonds. The van der Waals surface area contributed by atoms with Gasteiger partial charge in [0.2, 0.25) is 0 Å². The lowest BCUT2D eigenvalue weighted by Crippen LogP contribution is -2.41. The molecular formula is C15H23NO2S. The summed E-state index contributed by atoms with van der Waals surface area (Å²) in [5, 5.41) is 12.2. The molecule has 1 unspecified atom stereocenters. The molecule has 0 heterocycles. The Hall–Kier alpha value is -1.00. The lowest BCUT2D eigenvalue weighted by molar-refractivity contribution is -0.139. The van der Waals surface area contributed by atoms with E-state index in [1.807, 2.05) is 13.8 Å². The fraction of sp³-hybridized carbons (Fsp3) is 0.533. The summed E-state index contributed by atoms with van der Waals surface area (Å²) >= 11 is 1.73. The minimum atomic E-state index is -0.769. The molecule has 0 radical (unpaired) electrons. The van der Waals surface area contributed by atoms with Crippen LogP contribution in [0.3, 0.4) is 0 Å². The van der Waals surface area contributed by atoms with Gasteiger partial charge in [-0.2, -0.15) is 0 Å². The van der Waals surface area contributed by atoms with Crippen LogP contribution in [0.4, 0.5) is 0 Å². The van der Waals surface area contributed by atoms with Crippen molar-refractivity contribution in [2.45, 2.75) is 51.1 Å². The Morgan fingerprint density at radius 2 is 2.05 bits per heavy atom. The molecule has 2 N–H and O–H groups in total. The van der Waals surface area contributed by atoms with E-state index in [1.54, 1.807) is 11.8 Å². The number of aliphatic carboxylic acids is 1. The quantitative estimate of drug-likeness (QED) is 0.753. The van der Waals surface area contributed by atoms with E-state index in [4.69, 9.17) is 5.11 Å². The first kappa shape index (κ1) is 16.1. The van der Waals surface area contributed by atoms with Crippen molar-refractivity contribution in [3.63, 3.8) is 0 Å². The van der Waals surface area contributed by atoms with Crippen molar-refractivity contribution in [3.05, 3.63) is 29.3 Å². The molecule has 0 spiro atoms. The highest BCUT2D eigenvalue weighted by molar-refractivity contribution is 7.99. The number of rotatable bonds is 7. The Kier molecular flexibility index (Phi) is 6.38. The van der Waals surface area contributed by atoms with Crippen LogP contribution in [0.2, 0.25) is 0 Å². The van der Waals surface area contributed by atoms with Crippen molar-refractivity contribution in [1.29, 1.82) is 0 Å². The van der Waals surface area contributed by atoms with Gasteiger partial charge in [0.15, 0.2) is 0 Å². The van der Waals surface area contributed by atoms with Crippen molar-refractivity contribution < 1.29 is 9.90 Å². The van der Waals surface area contributed by atoms with E-state index in [-0.39, 0.29) is 6.04 Å². The molecule has 0 saturated heterocycles. The maximum Gasteiger partial charge on any atom is 0.320 e. The number of thioether (sulfide) groups is 1. The molecule has 1 atom stereocenters. The fourth-order valence-corrected chi connectivity index (χ4v) is 2.95. The Morgan fingerprint density at radius 1 is 1.37 bits per heavy atom. The first-order valence-electron chi connectivity index (χ1n) is 6.59. The molecular weight excluding hydrogens is 258 g/mol. The topological polar surface area (TPSA) is 49.3 Å². The van der Waals surface area contributed by atoms with E-state index in [9.17, 15) is 4.79 Å². The molecule has 1 aromatic rings. The molecule has 0 aliphatic rings. The van der Waals surface area contributed by atoms with Gasteiger partial charge in [-0.15, -0.1) is 11.8 Å². The summed E-state index contributed by atoms with van der Waals surface area (Å²) in [6.07, 6.45) is 0.630. The number of carboxylic acids is 1. The maximum absolute atomic E-state index is 11.1. The summed E-state index contributed by atoms with van der Waals surface area (Å²) in [5.74, 6) is 0.0376. The second kappa shape index (κ2) is 7.56. The standard InChI is InChI=1S/C15H23NO2S/c1-10(2)16-13(15(17)18)7-8-19-14-6-5-11(3)9-12(14)4/h5-6,9-10,13,16H,7-8H2,1-4H3,(H,17,18). The van der Waals surface area contributed by atoms with Gasteiger partial charge in [-0.05, 0) is 31.9 Å². The zero-order chi connectivity index (χ0) is 14.4. The second-order valence-corrected chi connectivity index (χ2v) is 6.26. The summed E-state index contributed by atoms with van der Waals surface area (Å²) in [7, 11) is 0. The van der Waals surface area contributed by atoms with Gasteiger partial charge in [0, 0.05) is 16.7 Å². The van der Waals surface area contributed by atoms with E-state index >= 15 is 0 Å². The molecule has 3 nitrogen and oxygen atoms in total. The van der Waals surface area contributed by atoms with Crippen LogP contribution < -0.4 is 5.32 Å². The highest BCUT2D eigenvalue weighted by Gasteiger charge is 2.17. The molecule has 0 fully saturated rings. The normalized spacial score (nSPS) is 12.7. The smallest absolute Gasteiger partial charge is 0.320 e. The van der Waals surface area contributed by atoms with Crippen LogP contribution in [-0.4, -0.2) is 28.9 Å². The van der Waals surface area contributed by atoms with Gasteiger partial charge in [0.25, 0.3) is 0 Å². The number of hydrogen-bond donors (Lipinski definition) is 2. The van der Waals surface area contributed by atoms with Gasteiger partial charge in [0.05, 0.1) is 0 Å². The molecule has 0 aromatic heterocycles. The highest BCUT2D eigenvalue weighted by Crippen LogP contribution is 2.24. The van der Waals surface area contributed by atoms with Crippen molar-refractivity contribution in [2.75, 3.05) is 5.75 Å². The first-order valence-corrected chi connectivity index (χ1v) is 7.57. The van der Waals surface area contributed by atoms with Crippen molar-refractivity contribution >= 4 is 17.7 Å². The zero-order valence-corrected chi connectivity index (χ0v) is 12.9. The molecule has 0 saturated carbocycles. The van der Waals surface area contributed by atoms with E-state index in [2.05, 4.69) is 37.4 Å². The monoisotopic (exact) mass is 281 g/mol. The van der Waals surface area contributed by atoms with Gasteiger partial charge in [0.1, 0.15) is 6.04 Å². The molecule has 0 aliphatic carbocycles. The Morgan fingerprint density at radius 3 is 2.58 bits per heavy atom. The number of benzene rings is 1. The van der Waals surface area contributed by atoms with Crippen LogP contribution in [-0.2, 0) is 4.79 Å². The largest absolute Gasteiger partial charge is 0.480 e. The molecule has 106 valence electrons. The van der Waals surface area contributed by atoms with E-state index < -0.39 is 12.0 Å². The van der Waals surface area contributed by atoms with Gasteiger partial charge < -0.3 is 10.4 Å². The summed E-state index contributed by atoms with van der Waals surface area (Å²) in [6.45, 7) is 8.10. The van der Waals surface area contributed by atoms with E-state index in [0.29, 0.717) is 6.42 Å². The number of carbonyl (C=O) groups is 1. The number of hydrogen-bond acceptors (Lipinski definition) is 3. The fourth-order valence-electron chi connectivity index (χ4n) is 1.93. The lowest BCUT2D eigenvalue weighted by Gasteiger charge is -2.17. The van der Waals surface area contributed by atoms with Gasteiger partial charge in [-0.3, -0.25) is 4.79 Å². The highest BCUT2D eigenvalue weighted by atomic mass is 32.2. The predicted octanol–water partition coefficient (Wildman–Crippen LogP) is 3.24. The third-order valence-corrected chi connectivity index (χ3v) is 4.04. The van der Waals surface area contributed by atoms with E-state index in [0.717, 1.165) is 5.75 Å². The summed E-state index contributed by atoms with van der Waals surface area (Å²) < 4.78 is 0. The summed E-state index contributed by atoms with van der Waals surface area (Å²) in [6, 6.07) is 6.09. The Bertz CT molecular complexity index is 432. The van der Waals surface area contributed by atoms with Gasteiger partial charge in [-0.25, -0.2) is 0 Å². The summed E-state index contributed by atoms with van der Waals surface area (Å²) in [4.78, 5) is 12.4. The SMILES string of the molecule is Cc1ccc(SCCC(NC(C)C)C(=O)O)c(C)c1. The first-order chi connectivity index (χ1) is 8.90. The average molecular weight is 281 g/mol. The molecule has 19 heavy (non-hydrogen) atoms. The second-order valence-electron chi connectivity index (χ2n) is 5.12. The number of carboxylic acid groups (broad SMARTS) is 1. The van der Waals surface area contributed by atoms with Crippen molar-refractivity contribution in [2.24, 2.45) is 0 Å². The van der Waals surface area contributed by atoms with Crippen LogP contribution in [0.15, 0.2) is 23.1 Å². The summed E-state index contributed by atoms with van der Waals surface area (Å²) in [5.41, 5.74) is 2.51. The van der Waals surface area contributed by atoms with Crippen LogP contribution >= 0.6 is 11.8 Å². The van der Waals surface area contributed by atoms with Crippen LogP contribution in [0.1, 0.15) is 31.4 Å². The van der Waals surface area contributed by atoms with E-state index in [1.165, 1.54) is 16.0 Å². The number of aryl methyl sites for hydroxylation is 2. The van der Waals surface area contributed by atoms with Gasteiger partial charge >= 0.3 is 5.97 Å². The Balaban J connectivity index is 2.49. The van der Waals surface area contributed by atoms with Gasteiger partial charge in [-0.1, -0.05) is 31.5 Å². The van der Waals surface area contributed by atoms with Crippen LogP contribution in [0, 0.1) is 13.8 Å². The van der Waals surface area contributed by atoms with Crippen molar-refractivity contribution in [3.8, 4) is 0 Å². The third-order valence-electron chi connectivity index (χ3n) is 2.83. The lowest BCUT2D eigenvalue weighted by atomic mass is 10.2. The molecule has 4 heteroatoms. The average Bonchev–Trinajstić information content (AvgIpc) is 2.29. The third kappa shape index (κ3) is 5.66. The molecule has 0 aliphatic heterocycles.